The van der Waals surface area contributed by atoms with E-state index >= 15 is 0 Å². The van der Waals surface area contributed by atoms with Crippen molar-refractivity contribution >= 4 is 11.8 Å². The molecule has 0 saturated carbocycles. The van der Waals surface area contributed by atoms with Crippen LogP contribution in [0.4, 0.5) is 10.5 Å². The molecule has 0 aliphatic rings. The topological polar surface area (TPSA) is 64.4 Å². The van der Waals surface area contributed by atoms with Crippen molar-refractivity contribution in [3.8, 4) is 0 Å². The lowest BCUT2D eigenvalue weighted by Crippen LogP contribution is -2.17. The molecule has 0 bridgehead atoms. The van der Waals surface area contributed by atoms with Gasteiger partial charge in [-0.1, -0.05) is 5.16 Å². The molecule has 1 rings (SSSR count). The largest absolute Gasteiger partial charge is 0.447 e. The van der Waals surface area contributed by atoms with Gasteiger partial charge in [0.25, 0.3) is 0 Å². The predicted molar refractivity (Wildman–Crippen MR) is 41.7 cm³/mol. The summed E-state index contributed by atoms with van der Waals surface area (Å²) in [4.78, 5) is 10.9. The Kier molecular flexibility index (Phi) is 2.68. The first kappa shape index (κ1) is 8.58. The summed E-state index contributed by atoms with van der Waals surface area (Å²) >= 11 is 0. The molecule has 0 saturated heterocycles. The maximum Gasteiger partial charge on any atom is 0.412 e. The maximum absolute atomic E-state index is 10.9. The van der Waals surface area contributed by atoms with E-state index in [2.05, 4.69) is 15.0 Å². The molecule has 1 N–H and O–H groups in total. The number of hydrogen-bond donors (Lipinski definition) is 1. The van der Waals surface area contributed by atoms with Gasteiger partial charge >= 0.3 is 6.09 Å². The van der Waals surface area contributed by atoms with Crippen LogP contribution in [-0.2, 0) is 4.74 Å². The molecule has 0 aliphatic heterocycles. The highest BCUT2D eigenvalue weighted by Crippen LogP contribution is 2.04. The van der Waals surface area contributed by atoms with Crippen LogP contribution < -0.4 is 5.32 Å². The maximum atomic E-state index is 10.9. The lowest BCUT2D eigenvalue weighted by Gasteiger charge is -2.06. The molecular weight excluding hydrogens is 160 g/mol. The highest BCUT2D eigenvalue weighted by atomic mass is 16.6. The third-order valence-electron chi connectivity index (χ3n) is 1.02. The second-order valence-corrected chi connectivity index (χ2v) is 2.49. The first-order chi connectivity index (χ1) is 5.68. The first-order valence-corrected chi connectivity index (χ1v) is 3.55. The van der Waals surface area contributed by atoms with Crippen molar-refractivity contribution in [3.05, 3.63) is 12.5 Å². The van der Waals surface area contributed by atoms with E-state index in [4.69, 9.17) is 4.74 Å². The summed E-state index contributed by atoms with van der Waals surface area (Å²) in [6, 6.07) is 0. The van der Waals surface area contributed by atoms with Gasteiger partial charge in [-0.25, -0.2) is 4.79 Å². The van der Waals surface area contributed by atoms with Crippen LogP contribution in [-0.4, -0.2) is 17.4 Å². The number of ether oxygens (including phenoxy) is 1. The second-order valence-electron chi connectivity index (χ2n) is 2.49. The van der Waals surface area contributed by atoms with E-state index in [1.807, 2.05) is 0 Å². The van der Waals surface area contributed by atoms with E-state index in [0.717, 1.165) is 0 Å². The van der Waals surface area contributed by atoms with Crippen LogP contribution in [0.3, 0.4) is 0 Å². The van der Waals surface area contributed by atoms with Crippen molar-refractivity contribution < 1.29 is 14.1 Å². The molecule has 1 aromatic rings. The Morgan fingerprint density at radius 2 is 2.50 bits per heavy atom. The molecule has 5 nitrogen and oxygen atoms in total. The van der Waals surface area contributed by atoms with Crippen LogP contribution in [0.15, 0.2) is 17.0 Å². The van der Waals surface area contributed by atoms with Crippen molar-refractivity contribution in [2.24, 2.45) is 0 Å². The number of aromatic nitrogens is 1. The Morgan fingerprint density at radius 1 is 1.75 bits per heavy atom. The number of amides is 1. The van der Waals surface area contributed by atoms with E-state index < -0.39 is 6.09 Å². The van der Waals surface area contributed by atoms with Crippen molar-refractivity contribution in [2.75, 3.05) is 5.32 Å². The highest BCUT2D eigenvalue weighted by Gasteiger charge is 2.05. The molecule has 0 atom stereocenters. The highest BCUT2D eigenvalue weighted by molar-refractivity contribution is 5.83. The SMILES string of the molecule is CC(C)OC(=O)Nc1cnoc1. The summed E-state index contributed by atoms with van der Waals surface area (Å²) in [5, 5.41) is 5.84. The zero-order chi connectivity index (χ0) is 8.97. The molecule has 5 heteroatoms. The Labute approximate surface area is 69.7 Å². The normalized spacial score (nSPS) is 9.92. The van der Waals surface area contributed by atoms with Gasteiger partial charge < -0.3 is 9.26 Å². The standard InChI is InChI=1S/C7H10N2O3/c1-5(2)12-7(10)9-6-3-8-11-4-6/h3-5H,1-2H3,(H,9,10). The van der Waals surface area contributed by atoms with Crippen LogP contribution in [0.5, 0.6) is 0 Å². The minimum atomic E-state index is -0.506. The van der Waals surface area contributed by atoms with E-state index in [9.17, 15) is 4.79 Å². The molecule has 0 unspecified atom stereocenters. The summed E-state index contributed by atoms with van der Waals surface area (Å²) in [6.07, 6.45) is 2.07. The van der Waals surface area contributed by atoms with E-state index in [1.54, 1.807) is 13.8 Å². The molecule has 66 valence electrons. The second kappa shape index (κ2) is 3.75. The molecule has 1 aromatic heterocycles. The van der Waals surface area contributed by atoms with Crippen molar-refractivity contribution in [1.29, 1.82) is 0 Å². The van der Waals surface area contributed by atoms with Crippen LogP contribution in [0.2, 0.25) is 0 Å². The monoisotopic (exact) mass is 170 g/mol. The van der Waals surface area contributed by atoms with Gasteiger partial charge in [0.05, 0.1) is 12.3 Å². The molecule has 12 heavy (non-hydrogen) atoms. The van der Waals surface area contributed by atoms with Crippen LogP contribution >= 0.6 is 0 Å². The summed E-state index contributed by atoms with van der Waals surface area (Å²) in [5.74, 6) is 0. The number of hydrogen-bond acceptors (Lipinski definition) is 4. The fraction of sp³-hybridized carbons (Fsp3) is 0.429. The molecular formula is C7H10N2O3. The third kappa shape index (κ3) is 2.61. The van der Waals surface area contributed by atoms with Gasteiger partial charge in [-0.2, -0.15) is 0 Å². The Bertz CT molecular complexity index is 243. The van der Waals surface area contributed by atoms with Gasteiger partial charge in [0, 0.05) is 0 Å². The molecule has 0 spiro atoms. The summed E-state index contributed by atoms with van der Waals surface area (Å²) in [7, 11) is 0. The Morgan fingerprint density at radius 3 is 3.00 bits per heavy atom. The van der Waals surface area contributed by atoms with Crippen LogP contribution in [0.25, 0.3) is 0 Å². The van der Waals surface area contributed by atoms with Gasteiger partial charge in [0.2, 0.25) is 0 Å². The molecule has 0 fully saturated rings. The molecule has 1 amide bonds. The molecule has 1 heterocycles. The fourth-order valence-corrected chi connectivity index (χ4v) is 0.628. The van der Waals surface area contributed by atoms with Gasteiger partial charge in [-0.05, 0) is 13.8 Å². The Balaban J connectivity index is 2.37. The number of carbonyl (C=O) groups excluding carboxylic acids is 1. The van der Waals surface area contributed by atoms with Crippen LogP contribution in [0, 0.1) is 0 Å². The summed E-state index contributed by atoms with van der Waals surface area (Å²) < 4.78 is 9.30. The average molecular weight is 170 g/mol. The van der Waals surface area contributed by atoms with E-state index in [0.29, 0.717) is 5.69 Å². The molecule has 0 aromatic carbocycles. The minimum absolute atomic E-state index is 0.134. The van der Waals surface area contributed by atoms with Crippen molar-refractivity contribution in [1.82, 2.24) is 5.16 Å². The number of nitrogens with zero attached hydrogens (tertiary/aromatic N) is 1. The third-order valence-corrected chi connectivity index (χ3v) is 1.02. The predicted octanol–water partition coefficient (Wildman–Crippen LogP) is 1.63. The smallest absolute Gasteiger partial charge is 0.412 e. The lowest BCUT2D eigenvalue weighted by atomic mass is 10.5. The van der Waals surface area contributed by atoms with Gasteiger partial charge in [-0.3, -0.25) is 5.32 Å². The van der Waals surface area contributed by atoms with E-state index in [1.165, 1.54) is 12.5 Å². The average Bonchev–Trinajstić information content (AvgIpc) is 2.37. The van der Waals surface area contributed by atoms with Gasteiger partial charge in [0.1, 0.15) is 12.0 Å². The summed E-state index contributed by atoms with van der Waals surface area (Å²) in [5.41, 5.74) is 0.487. The summed E-state index contributed by atoms with van der Waals surface area (Å²) in [6.45, 7) is 3.54. The zero-order valence-electron chi connectivity index (χ0n) is 6.90. The molecule has 0 radical (unpaired) electrons. The van der Waals surface area contributed by atoms with Gasteiger partial charge in [0.15, 0.2) is 0 Å². The number of carbonyl (C=O) groups is 1. The van der Waals surface area contributed by atoms with Crippen molar-refractivity contribution in [2.45, 2.75) is 20.0 Å². The van der Waals surface area contributed by atoms with Gasteiger partial charge in [-0.15, -0.1) is 0 Å². The zero-order valence-corrected chi connectivity index (χ0v) is 6.90. The first-order valence-electron chi connectivity index (χ1n) is 3.55. The number of anilines is 1. The molecule has 0 aliphatic carbocycles. The van der Waals surface area contributed by atoms with Crippen molar-refractivity contribution in [3.63, 3.8) is 0 Å². The number of rotatable bonds is 2. The quantitative estimate of drug-likeness (QED) is 0.732. The fourth-order valence-electron chi connectivity index (χ4n) is 0.628. The minimum Gasteiger partial charge on any atom is -0.447 e. The lowest BCUT2D eigenvalue weighted by molar-refractivity contribution is 0.130. The van der Waals surface area contributed by atoms with E-state index in [-0.39, 0.29) is 6.10 Å². The Hall–Kier alpha value is -1.52. The number of nitrogens with one attached hydrogen (secondary N) is 1. The van der Waals surface area contributed by atoms with Crippen LogP contribution in [0.1, 0.15) is 13.8 Å².